The zero-order chi connectivity index (χ0) is 12.3. The molecule has 1 N–H and O–H groups in total. The third kappa shape index (κ3) is 3.50. The van der Waals surface area contributed by atoms with Crippen molar-refractivity contribution in [2.24, 2.45) is 4.99 Å². The van der Waals surface area contributed by atoms with Crippen LogP contribution in [0.25, 0.3) is 0 Å². The van der Waals surface area contributed by atoms with Crippen LogP contribution in [0.1, 0.15) is 32.8 Å². The van der Waals surface area contributed by atoms with Gasteiger partial charge in [0.15, 0.2) is 5.17 Å². The summed E-state index contributed by atoms with van der Waals surface area (Å²) in [5, 5.41) is 4.47. The Balaban J connectivity index is 2.12. The SMILES string of the molecule is CCc1cccc(NC2=NC(C)(C)CCS2)c1. The summed E-state index contributed by atoms with van der Waals surface area (Å²) in [7, 11) is 0. The first-order chi connectivity index (χ1) is 8.09. The highest BCUT2D eigenvalue weighted by atomic mass is 32.2. The Hall–Kier alpha value is -0.960. The fourth-order valence-electron chi connectivity index (χ4n) is 1.82. The molecule has 1 aliphatic rings. The zero-order valence-electron chi connectivity index (χ0n) is 10.8. The molecule has 0 unspecified atom stereocenters. The van der Waals surface area contributed by atoms with Crippen molar-refractivity contribution >= 4 is 22.6 Å². The van der Waals surface area contributed by atoms with E-state index in [0.717, 1.165) is 29.4 Å². The van der Waals surface area contributed by atoms with Gasteiger partial charge in [0.05, 0.1) is 5.54 Å². The monoisotopic (exact) mass is 248 g/mol. The van der Waals surface area contributed by atoms with E-state index in [-0.39, 0.29) is 5.54 Å². The van der Waals surface area contributed by atoms with E-state index in [0.29, 0.717) is 0 Å². The maximum atomic E-state index is 4.73. The fourth-order valence-corrected chi connectivity index (χ4v) is 3.11. The molecule has 1 aliphatic heterocycles. The van der Waals surface area contributed by atoms with E-state index < -0.39 is 0 Å². The second-order valence-electron chi connectivity index (χ2n) is 5.01. The van der Waals surface area contributed by atoms with Crippen LogP contribution in [0.15, 0.2) is 29.3 Å². The van der Waals surface area contributed by atoms with Gasteiger partial charge in [0.1, 0.15) is 0 Å². The van der Waals surface area contributed by atoms with Crippen LogP contribution in [0.3, 0.4) is 0 Å². The molecule has 1 aromatic rings. The normalized spacial score (nSPS) is 18.6. The molecule has 2 rings (SSSR count). The van der Waals surface area contributed by atoms with Crippen molar-refractivity contribution in [3.05, 3.63) is 29.8 Å². The van der Waals surface area contributed by atoms with Gasteiger partial charge in [0, 0.05) is 11.4 Å². The predicted octanol–water partition coefficient (Wildman–Crippen LogP) is 3.93. The predicted molar refractivity (Wildman–Crippen MR) is 78.0 cm³/mol. The number of nitrogens with one attached hydrogen (secondary N) is 1. The summed E-state index contributed by atoms with van der Waals surface area (Å²) in [6.45, 7) is 6.56. The summed E-state index contributed by atoms with van der Waals surface area (Å²) in [6.07, 6.45) is 2.22. The number of hydrogen-bond acceptors (Lipinski definition) is 3. The van der Waals surface area contributed by atoms with E-state index in [1.807, 2.05) is 11.8 Å². The molecule has 0 aliphatic carbocycles. The number of hydrogen-bond donors (Lipinski definition) is 1. The van der Waals surface area contributed by atoms with Gasteiger partial charge in [-0.3, -0.25) is 4.99 Å². The number of benzene rings is 1. The lowest BCUT2D eigenvalue weighted by Crippen LogP contribution is -2.27. The third-order valence-corrected chi connectivity index (χ3v) is 3.82. The topological polar surface area (TPSA) is 24.4 Å². The number of aryl methyl sites for hydroxylation is 1. The summed E-state index contributed by atoms with van der Waals surface area (Å²) < 4.78 is 0. The molecule has 3 heteroatoms. The molecular weight excluding hydrogens is 228 g/mol. The van der Waals surface area contributed by atoms with Crippen LogP contribution in [0.5, 0.6) is 0 Å². The Labute approximate surface area is 108 Å². The van der Waals surface area contributed by atoms with Gasteiger partial charge < -0.3 is 5.32 Å². The molecule has 0 fully saturated rings. The second-order valence-corrected chi connectivity index (χ2v) is 6.09. The molecule has 2 nitrogen and oxygen atoms in total. The molecule has 0 saturated heterocycles. The average molecular weight is 248 g/mol. The number of rotatable bonds is 2. The lowest BCUT2D eigenvalue weighted by Gasteiger charge is -2.26. The summed E-state index contributed by atoms with van der Waals surface area (Å²) in [5.74, 6) is 1.15. The molecule has 1 heterocycles. The van der Waals surface area contributed by atoms with Gasteiger partial charge >= 0.3 is 0 Å². The van der Waals surface area contributed by atoms with Gasteiger partial charge in [-0.05, 0) is 44.4 Å². The van der Waals surface area contributed by atoms with E-state index in [1.54, 1.807) is 0 Å². The summed E-state index contributed by atoms with van der Waals surface area (Å²) in [6, 6.07) is 8.56. The highest BCUT2D eigenvalue weighted by Crippen LogP contribution is 2.26. The van der Waals surface area contributed by atoms with Crippen molar-refractivity contribution in [3.63, 3.8) is 0 Å². The minimum absolute atomic E-state index is 0.0793. The smallest absolute Gasteiger partial charge is 0.161 e. The lowest BCUT2D eigenvalue weighted by molar-refractivity contribution is 0.507. The van der Waals surface area contributed by atoms with Crippen LogP contribution < -0.4 is 5.32 Å². The number of aliphatic imine (C=N–C) groups is 1. The number of nitrogens with zero attached hydrogens (tertiary/aromatic N) is 1. The maximum absolute atomic E-state index is 4.73. The van der Waals surface area contributed by atoms with Crippen molar-refractivity contribution in [3.8, 4) is 0 Å². The first-order valence-corrected chi connectivity index (χ1v) is 7.16. The van der Waals surface area contributed by atoms with Crippen LogP contribution in [0.2, 0.25) is 0 Å². The third-order valence-electron chi connectivity index (χ3n) is 2.94. The van der Waals surface area contributed by atoms with Crippen LogP contribution in [0, 0.1) is 0 Å². The number of thioether (sulfide) groups is 1. The van der Waals surface area contributed by atoms with Gasteiger partial charge in [-0.2, -0.15) is 0 Å². The van der Waals surface area contributed by atoms with Crippen molar-refractivity contribution in [1.82, 2.24) is 0 Å². The highest BCUT2D eigenvalue weighted by molar-refractivity contribution is 8.14. The number of anilines is 1. The van der Waals surface area contributed by atoms with E-state index in [1.165, 1.54) is 5.56 Å². The van der Waals surface area contributed by atoms with Crippen LogP contribution in [0.4, 0.5) is 5.69 Å². The molecule has 0 radical (unpaired) electrons. The molecule has 1 aromatic carbocycles. The minimum atomic E-state index is 0.0793. The first kappa shape index (κ1) is 12.5. The van der Waals surface area contributed by atoms with Crippen molar-refractivity contribution in [1.29, 1.82) is 0 Å². The Morgan fingerprint density at radius 2 is 2.24 bits per heavy atom. The molecule has 17 heavy (non-hydrogen) atoms. The molecule has 0 atom stereocenters. The van der Waals surface area contributed by atoms with Crippen LogP contribution >= 0.6 is 11.8 Å². The van der Waals surface area contributed by atoms with Gasteiger partial charge in [-0.1, -0.05) is 30.8 Å². The number of amidine groups is 1. The Bertz CT molecular complexity index is 424. The maximum Gasteiger partial charge on any atom is 0.161 e. The minimum Gasteiger partial charge on any atom is -0.335 e. The summed E-state index contributed by atoms with van der Waals surface area (Å²) >= 11 is 1.81. The largest absolute Gasteiger partial charge is 0.335 e. The second kappa shape index (κ2) is 5.13. The summed E-state index contributed by atoms with van der Waals surface area (Å²) in [4.78, 5) is 4.73. The molecule has 0 amide bonds. The Morgan fingerprint density at radius 1 is 1.41 bits per heavy atom. The quantitative estimate of drug-likeness (QED) is 0.857. The first-order valence-electron chi connectivity index (χ1n) is 6.18. The fraction of sp³-hybridized carbons (Fsp3) is 0.500. The summed E-state index contributed by atoms with van der Waals surface area (Å²) in [5.41, 5.74) is 2.58. The Morgan fingerprint density at radius 3 is 2.94 bits per heavy atom. The van der Waals surface area contributed by atoms with E-state index in [9.17, 15) is 0 Å². The molecular formula is C14H20N2S. The van der Waals surface area contributed by atoms with E-state index >= 15 is 0 Å². The highest BCUT2D eigenvalue weighted by Gasteiger charge is 2.22. The Kier molecular flexibility index (Phi) is 3.77. The van der Waals surface area contributed by atoms with Gasteiger partial charge in [-0.15, -0.1) is 0 Å². The molecule has 0 spiro atoms. The van der Waals surface area contributed by atoms with E-state index in [4.69, 9.17) is 4.99 Å². The molecule has 92 valence electrons. The van der Waals surface area contributed by atoms with Crippen molar-refractivity contribution in [2.75, 3.05) is 11.1 Å². The van der Waals surface area contributed by atoms with Gasteiger partial charge in [0.2, 0.25) is 0 Å². The molecule has 0 bridgehead atoms. The zero-order valence-corrected chi connectivity index (χ0v) is 11.6. The van der Waals surface area contributed by atoms with Gasteiger partial charge in [-0.25, -0.2) is 0 Å². The van der Waals surface area contributed by atoms with Crippen LogP contribution in [-0.2, 0) is 6.42 Å². The van der Waals surface area contributed by atoms with Crippen LogP contribution in [-0.4, -0.2) is 16.5 Å². The van der Waals surface area contributed by atoms with E-state index in [2.05, 4.69) is 50.4 Å². The van der Waals surface area contributed by atoms with Crippen molar-refractivity contribution in [2.45, 2.75) is 39.2 Å². The lowest BCUT2D eigenvalue weighted by atomic mass is 10.0. The average Bonchev–Trinajstić information content (AvgIpc) is 2.28. The molecule has 0 saturated carbocycles. The van der Waals surface area contributed by atoms with Gasteiger partial charge in [0.25, 0.3) is 0 Å². The van der Waals surface area contributed by atoms with Crippen molar-refractivity contribution < 1.29 is 0 Å². The molecule has 0 aromatic heterocycles. The standard InChI is InChI=1S/C14H20N2S/c1-4-11-6-5-7-12(10-11)15-13-16-14(2,3)8-9-17-13/h5-7,10H,4,8-9H2,1-3H3,(H,15,16).